The number of anilines is 1. The average Bonchev–Trinajstić information content (AvgIpc) is 2.52. The number of likely N-dealkylation sites (tertiary alicyclic amines) is 1. The van der Waals surface area contributed by atoms with Gasteiger partial charge >= 0.3 is 5.97 Å². The number of carbonyl (C=O) groups excluding carboxylic acids is 1. The van der Waals surface area contributed by atoms with E-state index in [1.165, 1.54) is 4.90 Å². The number of amides is 1. The third-order valence-corrected chi connectivity index (χ3v) is 3.39. The van der Waals surface area contributed by atoms with E-state index < -0.39 is 12.0 Å². The Morgan fingerprint density at radius 3 is 2.67 bits per heavy atom. The molecular weight excluding hydrogens is 272 g/mol. The van der Waals surface area contributed by atoms with E-state index in [2.05, 4.69) is 15.3 Å². The van der Waals surface area contributed by atoms with Crippen LogP contribution in [-0.2, 0) is 9.59 Å². The molecule has 1 fully saturated rings. The molecule has 1 aromatic heterocycles. The SMILES string of the molecule is Cc1cc(C)nc(NC2CCCCN(CC(=O)O)C2=O)n1. The van der Waals surface area contributed by atoms with E-state index in [0.717, 1.165) is 24.2 Å². The quantitative estimate of drug-likeness (QED) is 0.858. The molecule has 1 amide bonds. The molecule has 2 N–H and O–H groups in total. The molecule has 1 unspecified atom stereocenters. The van der Waals surface area contributed by atoms with Gasteiger partial charge in [0.05, 0.1) is 0 Å². The molecule has 21 heavy (non-hydrogen) atoms. The van der Waals surface area contributed by atoms with Crippen LogP contribution in [-0.4, -0.2) is 51.0 Å². The molecule has 0 saturated carbocycles. The predicted octanol–water partition coefficient (Wildman–Crippen LogP) is 0.971. The number of hydrogen-bond donors (Lipinski definition) is 2. The maximum atomic E-state index is 12.4. The molecule has 7 heteroatoms. The monoisotopic (exact) mass is 292 g/mol. The summed E-state index contributed by atoms with van der Waals surface area (Å²) in [7, 11) is 0. The van der Waals surface area contributed by atoms with Gasteiger partial charge in [-0.2, -0.15) is 0 Å². The standard InChI is InChI=1S/C14H20N4O3/c1-9-7-10(2)16-14(15-9)17-11-5-3-4-6-18(13(11)21)8-12(19)20/h7,11H,3-6,8H2,1-2H3,(H,19,20)(H,15,16,17). The van der Waals surface area contributed by atoms with Gasteiger partial charge in [0, 0.05) is 17.9 Å². The van der Waals surface area contributed by atoms with Crippen LogP contribution in [0.1, 0.15) is 30.7 Å². The number of aromatic nitrogens is 2. The van der Waals surface area contributed by atoms with Crippen molar-refractivity contribution in [2.75, 3.05) is 18.4 Å². The lowest BCUT2D eigenvalue weighted by Crippen LogP contribution is -2.44. The second-order valence-electron chi connectivity index (χ2n) is 5.32. The molecule has 0 bridgehead atoms. The molecule has 114 valence electrons. The van der Waals surface area contributed by atoms with E-state index in [0.29, 0.717) is 18.9 Å². The summed E-state index contributed by atoms with van der Waals surface area (Å²) in [6.45, 7) is 3.96. The van der Waals surface area contributed by atoms with Crippen molar-refractivity contribution in [2.24, 2.45) is 0 Å². The molecule has 2 rings (SSSR count). The summed E-state index contributed by atoms with van der Waals surface area (Å²) in [6, 6.07) is 1.39. The van der Waals surface area contributed by atoms with Crippen LogP contribution in [0.5, 0.6) is 0 Å². The normalized spacial score (nSPS) is 19.2. The van der Waals surface area contributed by atoms with Crippen LogP contribution in [0.4, 0.5) is 5.95 Å². The lowest BCUT2D eigenvalue weighted by atomic mass is 10.1. The van der Waals surface area contributed by atoms with Gasteiger partial charge in [-0.15, -0.1) is 0 Å². The van der Waals surface area contributed by atoms with Crippen LogP contribution in [0, 0.1) is 13.8 Å². The van der Waals surface area contributed by atoms with Crippen LogP contribution < -0.4 is 5.32 Å². The van der Waals surface area contributed by atoms with E-state index in [4.69, 9.17) is 5.11 Å². The molecule has 1 saturated heterocycles. The molecule has 0 spiro atoms. The maximum absolute atomic E-state index is 12.4. The lowest BCUT2D eigenvalue weighted by Gasteiger charge is -2.23. The minimum absolute atomic E-state index is 0.197. The Labute approximate surface area is 123 Å². The van der Waals surface area contributed by atoms with Crippen LogP contribution in [0.3, 0.4) is 0 Å². The first-order chi connectivity index (χ1) is 9.95. The number of aliphatic carboxylic acids is 1. The predicted molar refractivity (Wildman–Crippen MR) is 77.0 cm³/mol. The zero-order chi connectivity index (χ0) is 15.4. The number of hydrogen-bond acceptors (Lipinski definition) is 5. The summed E-state index contributed by atoms with van der Waals surface area (Å²) in [6.07, 6.45) is 2.33. The van der Waals surface area contributed by atoms with Crippen molar-refractivity contribution in [3.63, 3.8) is 0 Å². The summed E-state index contributed by atoms with van der Waals surface area (Å²) in [5.74, 6) is -0.771. The van der Waals surface area contributed by atoms with Crippen molar-refractivity contribution in [2.45, 2.75) is 39.2 Å². The van der Waals surface area contributed by atoms with Crippen molar-refractivity contribution < 1.29 is 14.7 Å². The molecule has 7 nitrogen and oxygen atoms in total. The van der Waals surface area contributed by atoms with Crippen molar-refractivity contribution in [3.8, 4) is 0 Å². The van der Waals surface area contributed by atoms with Crippen molar-refractivity contribution >= 4 is 17.8 Å². The molecule has 0 radical (unpaired) electrons. The highest BCUT2D eigenvalue weighted by atomic mass is 16.4. The van der Waals surface area contributed by atoms with Gasteiger partial charge in [-0.05, 0) is 39.2 Å². The van der Waals surface area contributed by atoms with Gasteiger partial charge < -0.3 is 15.3 Å². The number of rotatable bonds is 4. The molecule has 2 heterocycles. The first kappa shape index (κ1) is 15.2. The van der Waals surface area contributed by atoms with E-state index in [1.807, 2.05) is 19.9 Å². The molecule has 1 atom stereocenters. The molecule has 0 aromatic carbocycles. The Morgan fingerprint density at radius 1 is 1.38 bits per heavy atom. The van der Waals surface area contributed by atoms with Crippen molar-refractivity contribution in [1.82, 2.24) is 14.9 Å². The minimum Gasteiger partial charge on any atom is -0.480 e. The minimum atomic E-state index is -0.994. The van der Waals surface area contributed by atoms with Crippen LogP contribution in [0.25, 0.3) is 0 Å². The average molecular weight is 292 g/mol. The smallest absolute Gasteiger partial charge is 0.323 e. The number of aryl methyl sites for hydroxylation is 2. The second kappa shape index (κ2) is 6.51. The summed E-state index contributed by atoms with van der Waals surface area (Å²) in [4.78, 5) is 33.2. The molecule has 1 aliphatic heterocycles. The van der Waals surface area contributed by atoms with Gasteiger partial charge in [0.15, 0.2) is 0 Å². The highest BCUT2D eigenvalue weighted by Gasteiger charge is 2.28. The largest absolute Gasteiger partial charge is 0.480 e. The molecular formula is C14H20N4O3. The Balaban J connectivity index is 2.13. The van der Waals surface area contributed by atoms with E-state index in [1.54, 1.807) is 0 Å². The third-order valence-electron chi connectivity index (χ3n) is 3.39. The highest BCUT2D eigenvalue weighted by Crippen LogP contribution is 2.16. The number of nitrogens with zero attached hydrogens (tertiary/aromatic N) is 3. The Morgan fingerprint density at radius 2 is 2.05 bits per heavy atom. The van der Waals surface area contributed by atoms with Gasteiger partial charge in [0.25, 0.3) is 0 Å². The third kappa shape index (κ3) is 4.14. The van der Waals surface area contributed by atoms with Crippen LogP contribution in [0.2, 0.25) is 0 Å². The Bertz CT molecular complexity index is 527. The fraction of sp³-hybridized carbons (Fsp3) is 0.571. The maximum Gasteiger partial charge on any atom is 0.323 e. The first-order valence-electron chi connectivity index (χ1n) is 7.05. The van der Waals surface area contributed by atoms with Gasteiger partial charge in [-0.1, -0.05) is 0 Å². The fourth-order valence-corrected chi connectivity index (χ4v) is 2.51. The number of nitrogens with one attached hydrogen (secondary N) is 1. The number of carboxylic acid groups (broad SMARTS) is 1. The summed E-state index contributed by atoms with van der Waals surface area (Å²) < 4.78 is 0. The fourth-order valence-electron chi connectivity index (χ4n) is 2.51. The molecule has 1 aromatic rings. The first-order valence-corrected chi connectivity index (χ1v) is 7.05. The van der Waals surface area contributed by atoms with Crippen LogP contribution in [0.15, 0.2) is 6.07 Å². The van der Waals surface area contributed by atoms with E-state index in [-0.39, 0.29) is 12.5 Å². The zero-order valence-electron chi connectivity index (χ0n) is 12.3. The van der Waals surface area contributed by atoms with Gasteiger partial charge in [0.1, 0.15) is 12.6 Å². The summed E-state index contributed by atoms with van der Waals surface area (Å²) >= 11 is 0. The topological polar surface area (TPSA) is 95.4 Å². The van der Waals surface area contributed by atoms with Crippen molar-refractivity contribution in [1.29, 1.82) is 0 Å². The van der Waals surface area contributed by atoms with Gasteiger partial charge in [0.2, 0.25) is 11.9 Å². The molecule has 0 aliphatic carbocycles. The second-order valence-corrected chi connectivity index (χ2v) is 5.32. The Kier molecular flexibility index (Phi) is 4.72. The van der Waals surface area contributed by atoms with E-state index >= 15 is 0 Å². The number of carboxylic acids is 1. The highest BCUT2D eigenvalue weighted by molar-refractivity contribution is 5.87. The Hall–Kier alpha value is -2.18. The molecule has 1 aliphatic rings. The summed E-state index contributed by atoms with van der Waals surface area (Å²) in [5.41, 5.74) is 1.65. The number of carbonyl (C=O) groups is 2. The van der Waals surface area contributed by atoms with Crippen LogP contribution >= 0.6 is 0 Å². The zero-order valence-corrected chi connectivity index (χ0v) is 12.3. The van der Waals surface area contributed by atoms with Gasteiger partial charge in [-0.3, -0.25) is 9.59 Å². The summed E-state index contributed by atoms with van der Waals surface area (Å²) in [5, 5.41) is 11.9. The lowest BCUT2D eigenvalue weighted by molar-refractivity contribution is -0.144. The van der Waals surface area contributed by atoms with Gasteiger partial charge in [-0.25, -0.2) is 9.97 Å². The van der Waals surface area contributed by atoms with E-state index in [9.17, 15) is 9.59 Å². The van der Waals surface area contributed by atoms with Crippen molar-refractivity contribution in [3.05, 3.63) is 17.5 Å².